The van der Waals surface area contributed by atoms with Gasteiger partial charge in [-0.25, -0.2) is 4.79 Å². The molecular formula is C19H21BN2O2. The number of hydrazone groups is 1. The van der Waals surface area contributed by atoms with Crippen molar-refractivity contribution in [3.63, 3.8) is 0 Å². The molecule has 4 nitrogen and oxygen atoms in total. The predicted molar refractivity (Wildman–Crippen MR) is 98.9 cm³/mol. The maximum Gasteiger partial charge on any atom is 0.354 e. The summed E-state index contributed by atoms with van der Waals surface area (Å²) in [6.45, 7) is 5.78. The topological polar surface area (TPSA) is 41.9 Å². The van der Waals surface area contributed by atoms with Crippen LogP contribution >= 0.6 is 0 Å². The third kappa shape index (κ3) is 4.48. The Kier molecular flexibility index (Phi) is 6.18. The van der Waals surface area contributed by atoms with E-state index in [0.717, 1.165) is 11.3 Å². The first-order valence-corrected chi connectivity index (χ1v) is 7.95. The predicted octanol–water partition coefficient (Wildman–Crippen LogP) is 2.99. The Hall–Kier alpha value is -2.56. The average Bonchev–Trinajstić information content (AvgIpc) is 2.60. The second kappa shape index (κ2) is 8.34. The summed E-state index contributed by atoms with van der Waals surface area (Å²) in [6, 6.07) is 17.3. The highest BCUT2D eigenvalue weighted by molar-refractivity contribution is 6.35. The van der Waals surface area contributed by atoms with E-state index in [1.54, 1.807) is 18.9 Å². The van der Waals surface area contributed by atoms with Gasteiger partial charge < -0.3 is 4.74 Å². The van der Waals surface area contributed by atoms with Crippen molar-refractivity contribution < 1.29 is 9.53 Å². The minimum atomic E-state index is -0.418. The highest BCUT2D eigenvalue weighted by atomic mass is 16.5. The number of rotatable bonds is 6. The van der Waals surface area contributed by atoms with Crippen LogP contribution in [0.5, 0.6) is 0 Å². The minimum absolute atomic E-state index is 0.0563. The molecule has 0 heterocycles. The lowest BCUT2D eigenvalue weighted by Gasteiger charge is -2.27. The molecule has 0 aliphatic heterocycles. The van der Waals surface area contributed by atoms with Gasteiger partial charge in [-0.2, -0.15) is 5.10 Å². The number of carbonyl (C=O) groups is 1. The van der Waals surface area contributed by atoms with Crippen LogP contribution < -0.4 is 10.5 Å². The Labute approximate surface area is 144 Å². The molecule has 1 atom stereocenters. The van der Waals surface area contributed by atoms with E-state index < -0.39 is 5.97 Å². The van der Waals surface area contributed by atoms with E-state index in [-0.39, 0.29) is 6.04 Å². The maximum absolute atomic E-state index is 11.9. The highest BCUT2D eigenvalue weighted by Crippen LogP contribution is 2.27. The number of hydrogen-bond donors (Lipinski definition) is 0. The lowest BCUT2D eigenvalue weighted by molar-refractivity contribution is -0.135. The van der Waals surface area contributed by atoms with Crippen LogP contribution in [0.15, 0.2) is 59.7 Å². The lowest BCUT2D eigenvalue weighted by atomic mass is 9.96. The van der Waals surface area contributed by atoms with Gasteiger partial charge in [0.05, 0.1) is 18.3 Å². The van der Waals surface area contributed by atoms with E-state index in [0.29, 0.717) is 17.8 Å². The van der Waals surface area contributed by atoms with Crippen LogP contribution in [0.25, 0.3) is 0 Å². The van der Waals surface area contributed by atoms with Crippen molar-refractivity contribution in [2.75, 3.05) is 11.6 Å². The van der Waals surface area contributed by atoms with Gasteiger partial charge in [0.1, 0.15) is 13.6 Å². The molecule has 122 valence electrons. The van der Waals surface area contributed by atoms with Gasteiger partial charge in [0, 0.05) is 0 Å². The second-order valence-electron chi connectivity index (χ2n) is 5.43. The van der Waals surface area contributed by atoms with Crippen molar-refractivity contribution >= 4 is 30.7 Å². The van der Waals surface area contributed by atoms with Crippen molar-refractivity contribution in [2.45, 2.75) is 26.8 Å². The Balaban J connectivity index is 2.39. The number of carbonyl (C=O) groups excluding carboxylic acids is 1. The van der Waals surface area contributed by atoms with Gasteiger partial charge in [-0.05, 0) is 38.5 Å². The summed E-state index contributed by atoms with van der Waals surface area (Å²) in [5.41, 5.74) is 2.92. The van der Waals surface area contributed by atoms with Crippen molar-refractivity contribution in [3.05, 3.63) is 60.2 Å². The third-order valence-corrected chi connectivity index (χ3v) is 3.64. The molecule has 1 unspecified atom stereocenters. The van der Waals surface area contributed by atoms with E-state index in [9.17, 15) is 4.79 Å². The normalized spacial score (nSPS) is 12.5. The molecule has 2 rings (SSSR count). The van der Waals surface area contributed by atoms with Gasteiger partial charge in [0.25, 0.3) is 0 Å². The van der Waals surface area contributed by atoms with Gasteiger partial charge in [-0.3, -0.25) is 5.01 Å². The minimum Gasteiger partial charge on any atom is -0.461 e. The quantitative estimate of drug-likeness (QED) is 0.356. The van der Waals surface area contributed by atoms with Gasteiger partial charge >= 0.3 is 5.97 Å². The Morgan fingerprint density at radius 3 is 2.38 bits per heavy atom. The molecule has 0 saturated heterocycles. The van der Waals surface area contributed by atoms with Crippen LogP contribution in [0.4, 0.5) is 5.69 Å². The summed E-state index contributed by atoms with van der Waals surface area (Å²) in [6.07, 6.45) is 0. The van der Waals surface area contributed by atoms with Crippen molar-refractivity contribution in [2.24, 2.45) is 5.10 Å². The monoisotopic (exact) mass is 320 g/mol. The summed E-state index contributed by atoms with van der Waals surface area (Å²) in [4.78, 5) is 11.9. The molecule has 24 heavy (non-hydrogen) atoms. The molecule has 0 saturated carbocycles. The number of benzene rings is 2. The van der Waals surface area contributed by atoms with Crippen LogP contribution in [0.2, 0.25) is 0 Å². The van der Waals surface area contributed by atoms with E-state index in [1.807, 2.05) is 61.5 Å². The van der Waals surface area contributed by atoms with E-state index >= 15 is 0 Å². The van der Waals surface area contributed by atoms with Gasteiger partial charge in [-0.15, -0.1) is 0 Å². The second-order valence-corrected chi connectivity index (χ2v) is 5.43. The first kappa shape index (κ1) is 17.8. The molecule has 5 heteroatoms. The van der Waals surface area contributed by atoms with Crippen LogP contribution in [0.1, 0.15) is 32.4 Å². The summed E-state index contributed by atoms with van der Waals surface area (Å²) in [5.74, 6) is -0.418. The molecule has 0 N–H and O–H groups in total. The van der Waals surface area contributed by atoms with E-state index in [1.165, 1.54) is 0 Å². The number of nitrogens with zero attached hydrogens (tertiary/aromatic N) is 2. The van der Waals surface area contributed by atoms with Crippen LogP contribution in [0.3, 0.4) is 0 Å². The summed E-state index contributed by atoms with van der Waals surface area (Å²) < 4.78 is 5.03. The number of anilines is 1. The number of ether oxygens (including phenoxy) is 1. The zero-order chi connectivity index (χ0) is 17.5. The fourth-order valence-electron chi connectivity index (χ4n) is 2.31. The lowest BCUT2D eigenvalue weighted by Crippen LogP contribution is -2.26. The van der Waals surface area contributed by atoms with Crippen molar-refractivity contribution in [1.29, 1.82) is 0 Å². The summed E-state index contributed by atoms with van der Waals surface area (Å²) >= 11 is 0. The smallest absolute Gasteiger partial charge is 0.354 e. The van der Waals surface area contributed by atoms with Crippen LogP contribution in [-0.4, -0.2) is 26.1 Å². The zero-order valence-electron chi connectivity index (χ0n) is 14.3. The molecule has 0 aliphatic carbocycles. The molecule has 0 aromatic heterocycles. The molecule has 0 spiro atoms. The van der Waals surface area contributed by atoms with Crippen LogP contribution in [-0.2, 0) is 9.53 Å². The first-order valence-electron chi connectivity index (χ1n) is 7.95. The largest absolute Gasteiger partial charge is 0.461 e. The zero-order valence-corrected chi connectivity index (χ0v) is 14.3. The van der Waals surface area contributed by atoms with E-state index in [2.05, 4.69) is 5.10 Å². The molecule has 0 bridgehead atoms. The van der Waals surface area contributed by atoms with E-state index in [4.69, 9.17) is 12.6 Å². The van der Waals surface area contributed by atoms with Gasteiger partial charge in [0.15, 0.2) is 0 Å². The Morgan fingerprint density at radius 2 is 1.79 bits per heavy atom. The molecule has 2 aromatic rings. The van der Waals surface area contributed by atoms with Crippen LogP contribution in [0, 0.1) is 0 Å². The Bertz CT molecular complexity index is 699. The number of esters is 1. The third-order valence-electron chi connectivity index (χ3n) is 3.64. The molecule has 2 radical (unpaired) electrons. The molecular weight excluding hydrogens is 299 g/mol. The van der Waals surface area contributed by atoms with Gasteiger partial charge in [-0.1, -0.05) is 47.9 Å². The highest BCUT2D eigenvalue weighted by Gasteiger charge is 2.18. The Morgan fingerprint density at radius 1 is 1.17 bits per heavy atom. The average molecular weight is 320 g/mol. The van der Waals surface area contributed by atoms with Crippen molar-refractivity contribution in [3.8, 4) is 0 Å². The first-order chi connectivity index (χ1) is 11.5. The fraction of sp³-hybridized carbons (Fsp3) is 0.263. The molecule has 0 fully saturated rings. The van der Waals surface area contributed by atoms with Gasteiger partial charge in [0.2, 0.25) is 0 Å². The number of hydrogen-bond acceptors (Lipinski definition) is 4. The summed E-state index contributed by atoms with van der Waals surface area (Å²) in [5, 5.41) is 6.31. The molecule has 0 aliphatic rings. The maximum atomic E-state index is 11.9. The molecule has 0 amide bonds. The standard InChI is InChI=1S/C19H21BN2O2/c1-4-24-19(23)14(2)21-22(18-12-10-17(20)11-13-18)15(3)16-8-6-5-7-9-16/h5-13,15H,4H2,1-3H3/b21-14+. The molecule has 2 aromatic carbocycles. The SMILES string of the molecule is [B]c1ccc(N(/N=C(\C)C(=O)OCC)C(C)c2ccccc2)cc1. The summed E-state index contributed by atoms with van der Waals surface area (Å²) in [7, 11) is 5.77. The van der Waals surface area contributed by atoms with Crippen molar-refractivity contribution in [1.82, 2.24) is 0 Å². The fourth-order valence-corrected chi connectivity index (χ4v) is 2.31.